The van der Waals surface area contributed by atoms with Gasteiger partial charge in [0.2, 0.25) is 0 Å². The summed E-state index contributed by atoms with van der Waals surface area (Å²) in [5, 5.41) is 2.88. The highest BCUT2D eigenvalue weighted by molar-refractivity contribution is 5.98. The van der Waals surface area contributed by atoms with E-state index in [4.69, 9.17) is 0 Å². The lowest BCUT2D eigenvalue weighted by Crippen LogP contribution is -2.26. The van der Waals surface area contributed by atoms with E-state index in [1.807, 2.05) is 6.92 Å². The molecule has 0 amide bonds. The van der Waals surface area contributed by atoms with Gasteiger partial charge in [-0.05, 0) is 25.6 Å². The fraction of sp³-hybridized carbons (Fsp3) is 0.417. The van der Waals surface area contributed by atoms with Crippen molar-refractivity contribution in [2.24, 2.45) is 5.92 Å². The van der Waals surface area contributed by atoms with E-state index in [0.717, 1.165) is 12.1 Å². The molecule has 0 aliphatic rings. The van der Waals surface area contributed by atoms with E-state index >= 15 is 0 Å². The largest absolute Gasteiger partial charge is 0.319 e. The molecule has 0 radical (unpaired) electrons. The number of carbonyl (C=O) groups is 1. The molecule has 1 rings (SSSR count). The Bertz CT molecular complexity index is 379. The zero-order valence-corrected chi connectivity index (χ0v) is 9.39. The molecule has 0 bridgehead atoms. The zero-order valence-electron chi connectivity index (χ0n) is 9.39. The lowest BCUT2D eigenvalue weighted by molar-refractivity contribution is 0.0912. The predicted octanol–water partition coefficient (Wildman–Crippen LogP) is 2.39. The summed E-state index contributed by atoms with van der Waals surface area (Å²) >= 11 is 0. The van der Waals surface area contributed by atoms with Gasteiger partial charge in [0.1, 0.15) is 11.6 Å². The van der Waals surface area contributed by atoms with Gasteiger partial charge in [0.15, 0.2) is 5.78 Å². The van der Waals surface area contributed by atoms with E-state index in [1.54, 1.807) is 7.05 Å². The van der Waals surface area contributed by atoms with Crippen LogP contribution in [0.5, 0.6) is 0 Å². The van der Waals surface area contributed by atoms with Gasteiger partial charge in [-0.3, -0.25) is 4.79 Å². The van der Waals surface area contributed by atoms with Crippen molar-refractivity contribution < 1.29 is 13.6 Å². The maximum atomic E-state index is 13.4. The van der Waals surface area contributed by atoms with Gasteiger partial charge in [0, 0.05) is 18.5 Å². The lowest BCUT2D eigenvalue weighted by Gasteiger charge is -2.13. The first kappa shape index (κ1) is 12.8. The molecule has 2 nitrogen and oxygen atoms in total. The topological polar surface area (TPSA) is 29.1 Å². The number of Topliss-reactive ketones (excluding diaryl/α,β-unsaturated/α-hetero) is 1. The average Bonchev–Trinajstić information content (AvgIpc) is 2.25. The van der Waals surface area contributed by atoms with Crippen LogP contribution in [0.25, 0.3) is 0 Å². The highest BCUT2D eigenvalue weighted by atomic mass is 19.1. The van der Waals surface area contributed by atoms with Crippen LogP contribution < -0.4 is 5.32 Å². The van der Waals surface area contributed by atoms with Crippen molar-refractivity contribution in [1.29, 1.82) is 0 Å². The molecular weight excluding hydrogens is 212 g/mol. The summed E-state index contributed by atoms with van der Waals surface area (Å²) in [6.07, 6.45) is 0.622. The van der Waals surface area contributed by atoms with Gasteiger partial charge >= 0.3 is 0 Å². The zero-order chi connectivity index (χ0) is 12.1. The summed E-state index contributed by atoms with van der Waals surface area (Å²) in [7, 11) is 1.73. The molecule has 0 saturated carbocycles. The molecule has 1 N–H and O–H groups in total. The second kappa shape index (κ2) is 5.70. The number of hydrogen-bond donors (Lipinski definition) is 1. The molecule has 0 heterocycles. The maximum Gasteiger partial charge on any atom is 0.170 e. The maximum absolute atomic E-state index is 13.4. The molecule has 16 heavy (non-hydrogen) atoms. The molecule has 1 aromatic rings. The third-order valence-electron chi connectivity index (χ3n) is 2.51. The van der Waals surface area contributed by atoms with E-state index in [9.17, 15) is 13.6 Å². The van der Waals surface area contributed by atoms with E-state index < -0.39 is 11.6 Å². The number of hydrogen-bond acceptors (Lipinski definition) is 2. The number of halogens is 2. The third-order valence-corrected chi connectivity index (χ3v) is 2.51. The standard InChI is InChI=1S/C12H15F2NO/c1-3-8(7-15-2)12(16)10-5-4-9(13)6-11(10)14/h4-6,8,15H,3,7H2,1-2H3. The molecule has 1 unspecified atom stereocenters. The van der Waals surface area contributed by atoms with Crippen LogP contribution in [-0.4, -0.2) is 19.4 Å². The Hall–Kier alpha value is -1.29. The van der Waals surface area contributed by atoms with Gasteiger partial charge in [-0.25, -0.2) is 8.78 Å². The summed E-state index contributed by atoms with van der Waals surface area (Å²) < 4.78 is 26.0. The van der Waals surface area contributed by atoms with Crippen LogP contribution >= 0.6 is 0 Å². The molecule has 0 fully saturated rings. The van der Waals surface area contributed by atoms with Crippen LogP contribution in [0.4, 0.5) is 8.78 Å². The van der Waals surface area contributed by atoms with E-state index in [1.165, 1.54) is 6.07 Å². The summed E-state index contributed by atoms with van der Waals surface area (Å²) in [5.41, 5.74) is -0.0384. The summed E-state index contributed by atoms with van der Waals surface area (Å²) in [4.78, 5) is 11.9. The summed E-state index contributed by atoms with van der Waals surface area (Å²) in [6.45, 7) is 2.35. The normalized spacial score (nSPS) is 12.5. The van der Waals surface area contributed by atoms with E-state index in [0.29, 0.717) is 13.0 Å². The minimum absolute atomic E-state index is 0.0384. The lowest BCUT2D eigenvalue weighted by atomic mass is 9.95. The fourth-order valence-electron chi connectivity index (χ4n) is 1.58. The molecule has 1 atom stereocenters. The van der Waals surface area contributed by atoms with Gasteiger partial charge < -0.3 is 5.32 Å². The Morgan fingerprint density at radius 3 is 2.62 bits per heavy atom. The van der Waals surface area contributed by atoms with Crippen LogP contribution in [0, 0.1) is 17.6 Å². The molecule has 0 aliphatic heterocycles. The Labute approximate surface area is 93.7 Å². The number of nitrogens with one attached hydrogen (secondary N) is 1. The summed E-state index contributed by atoms with van der Waals surface area (Å²) in [6, 6.07) is 3.03. The first-order valence-electron chi connectivity index (χ1n) is 5.24. The van der Waals surface area contributed by atoms with Crippen LogP contribution in [-0.2, 0) is 0 Å². The van der Waals surface area contributed by atoms with Gasteiger partial charge in [-0.15, -0.1) is 0 Å². The monoisotopic (exact) mass is 227 g/mol. The Balaban J connectivity index is 2.94. The van der Waals surface area contributed by atoms with Crippen molar-refractivity contribution in [2.75, 3.05) is 13.6 Å². The molecule has 0 spiro atoms. The second-order valence-corrected chi connectivity index (χ2v) is 3.65. The van der Waals surface area contributed by atoms with Crippen molar-refractivity contribution in [3.63, 3.8) is 0 Å². The number of carbonyl (C=O) groups excluding carboxylic acids is 1. The van der Waals surface area contributed by atoms with Crippen LogP contribution in [0.2, 0.25) is 0 Å². The first-order valence-corrected chi connectivity index (χ1v) is 5.24. The highest BCUT2D eigenvalue weighted by Crippen LogP contribution is 2.16. The molecule has 1 aromatic carbocycles. The van der Waals surface area contributed by atoms with Crippen molar-refractivity contribution in [3.05, 3.63) is 35.4 Å². The van der Waals surface area contributed by atoms with E-state index in [2.05, 4.69) is 5.32 Å². The van der Waals surface area contributed by atoms with Crippen molar-refractivity contribution >= 4 is 5.78 Å². The minimum Gasteiger partial charge on any atom is -0.319 e. The Morgan fingerprint density at radius 1 is 1.44 bits per heavy atom. The van der Waals surface area contributed by atoms with Gasteiger partial charge in [0.05, 0.1) is 5.56 Å². The SMILES string of the molecule is CCC(CNC)C(=O)c1ccc(F)cc1F. The molecule has 0 saturated heterocycles. The molecule has 0 aromatic heterocycles. The van der Waals surface area contributed by atoms with Gasteiger partial charge in [-0.1, -0.05) is 6.92 Å². The van der Waals surface area contributed by atoms with Gasteiger partial charge in [0.25, 0.3) is 0 Å². The van der Waals surface area contributed by atoms with Crippen LogP contribution in [0.3, 0.4) is 0 Å². The molecule has 4 heteroatoms. The summed E-state index contributed by atoms with van der Waals surface area (Å²) in [5.74, 6) is -2.02. The van der Waals surface area contributed by atoms with Crippen LogP contribution in [0.1, 0.15) is 23.7 Å². The van der Waals surface area contributed by atoms with Gasteiger partial charge in [-0.2, -0.15) is 0 Å². The predicted molar refractivity (Wildman–Crippen MR) is 58.4 cm³/mol. The minimum atomic E-state index is -0.792. The Morgan fingerprint density at radius 2 is 2.12 bits per heavy atom. The smallest absolute Gasteiger partial charge is 0.170 e. The fourth-order valence-corrected chi connectivity index (χ4v) is 1.58. The molecular formula is C12H15F2NO. The number of ketones is 1. The third kappa shape index (κ3) is 2.85. The van der Waals surface area contributed by atoms with Crippen molar-refractivity contribution in [3.8, 4) is 0 Å². The molecule has 0 aliphatic carbocycles. The quantitative estimate of drug-likeness (QED) is 0.782. The van der Waals surface area contributed by atoms with Crippen LogP contribution in [0.15, 0.2) is 18.2 Å². The number of rotatable bonds is 5. The number of benzene rings is 1. The molecule has 88 valence electrons. The van der Waals surface area contributed by atoms with Crippen molar-refractivity contribution in [2.45, 2.75) is 13.3 Å². The van der Waals surface area contributed by atoms with Crippen molar-refractivity contribution in [1.82, 2.24) is 5.32 Å². The first-order chi connectivity index (χ1) is 7.60. The Kier molecular flexibility index (Phi) is 4.55. The second-order valence-electron chi connectivity index (χ2n) is 3.65. The average molecular weight is 227 g/mol. The highest BCUT2D eigenvalue weighted by Gasteiger charge is 2.20. The van der Waals surface area contributed by atoms with E-state index in [-0.39, 0.29) is 17.3 Å².